The van der Waals surface area contributed by atoms with E-state index in [1.807, 2.05) is 44.3 Å². The first kappa shape index (κ1) is 23.8. The molecule has 1 atom stereocenters. The summed E-state index contributed by atoms with van der Waals surface area (Å²) < 4.78 is 41.8. The van der Waals surface area contributed by atoms with Gasteiger partial charge < -0.3 is 13.7 Å². The third-order valence-corrected chi connectivity index (χ3v) is 7.63. The molecule has 36 heavy (non-hydrogen) atoms. The summed E-state index contributed by atoms with van der Waals surface area (Å²) in [6, 6.07) is 14.5. The van der Waals surface area contributed by atoms with Crippen molar-refractivity contribution in [3.63, 3.8) is 0 Å². The second kappa shape index (κ2) is 9.29. The van der Waals surface area contributed by atoms with Crippen molar-refractivity contribution in [3.05, 3.63) is 84.1 Å². The average Bonchev–Trinajstić information content (AvgIpc) is 3.57. The van der Waals surface area contributed by atoms with Crippen molar-refractivity contribution in [1.29, 1.82) is 0 Å². The molecule has 5 rings (SSSR count). The standard InChI is InChI=1S/C26H26N4O5S/c1-17-12-21(30(3)27-17)16-29(2)26(31)23(14-18-4-6-24-19(13-18)8-10-34-24)28-36(32,33)22-5-7-25-20(15-22)9-11-35-25/h4-13,15,23,28H,14,16H2,1-3H3/t23-/m0/s1. The monoisotopic (exact) mass is 506 g/mol. The van der Waals surface area contributed by atoms with Crippen molar-refractivity contribution in [2.24, 2.45) is 7.05 Å². The maximum atomic E-state index is 13.6. The zero-order valence-electron chi connectivity index (χ0n) is 20.1. The summed E-state index contributed by atoms with van der Waals surface area (Å²) in [5.41, 5.74) is 3.80. The Hall–Kier alpha value is -3.89. The Balaban J connectivity index is 1.45. The van der Waals surface area contributed by atoms with Crippen molar-refractivity contribution in [2.75, 3.05) is 7.05 Å². The molecule has 0 spiro atoms. The second-order valence-corrected chi connectivity index (χ2v) is 10.6. The minimum Gasteiger partial charge on any atom is -0.464 e. The Kier molecular flexibility index (Phi) is 6.15. The van der Waals surface area contributed by atoms with E-state index < -0.39 is 16.1 Å². The number of amides is 1. The number of nitrogens with zero attached hydrogens (tertiary/aromatic N) is 3. The van der Waals surface area contributed by atoms with Gasteiger partial charge in [-0.15, -0.1) is 0 Å². The highest BCUT2D eigenvalue weighted by Gasteiger charge is 2.29. The Labute approximate surface area is 208 Å². The number of rotatable bonds is 8. The number of likely N-dealkylation sites (N-methyl/N-ethyl adjacent to an activating group) is 1. The lowest BCUT2D eigenvalue weighted by Crippen LogP contribution is -2.48. The molecule has 0 aliphatic carbocycles. The molecule has 3 aromatic heterocycles. The van der Waals surface area contributed by atoms with E-state index >= 15 is 0 Å². The summed E-state index contributed by atoms with van der Waals surface area (Å²) in [5.74, 6) is -0.353. The second-order valence-electron chi connectivity index (χ2n) is 8.89. The van der Waals surface area contributed by atoms with Gasteiger partial charge in [0.15, 0.2) is 0 Å². The van der Waals surface area contributed by atoms with Crippen LogP contribution in [0.15, 0.2) is 80.9 Å². The fourth-order valence-corrected chi connectivity index (χ4v) is 5.55. The lowest BCUT2D eigenvalue weighted by molar-refractivity contribution is -0.132. The fourth-order valence-electron chi connectivity index (χ4n) is 4.32. The summed E-state index contributed by atoms with van der Waals surface area (Å²) in [5, 5.41) is 5.87. The molecule has 0 radical (unpaired) electrons. The van der Waals surface area contributed by atoms with Gasteiger partial charge in [-0.1, -0.05) is 6.07 Å². The van der Waals surface area contributed by atoms with Crippen LogP contribution in [-0.2, 0) is 34.8 Å². The van der Waals surface area contributed by atoms with Crippen molar-refractivity contribution >= 4 is 37.9 Å². The van der Waals surface area contributed by atoms with Crippen molar-refractivity contribution in [2.45, 2.75) is 30.8 Å². The molecule has 5 aromatic rings. The molecular weight excluding hydrogens is 480 g/mol. The van der Waals surface area contributed by atoms with Gasteiger partial charge in [-0.2, -0.15) is 9.82 Å². The highest BCUT2D eigenvalue weighted by Crippen LogP contribution is 2.22. The minimum atomic E-state index is -4.01. The summed E-state index contributed by atoms with van der Waals surface area (Å²) in [6.07, 6.45) is 3.26. The third-order valence-electron chi connectivity index (χ3n) is 6.16. The van der Waals surface area contributed by atoms with Crippen LogP contribution in [0.2, 0.25) is 0 Å². The minimum absolute atomic E-state index is 0.0596. The summed E-state index contributed by atoms with van der Waals surface area (Å²) in [4.78, 5) is 15.2. The Bertz CT molecular complexity index is 1660. The molecule has 3 heterocycles. The number of fused-ring (bicyclic) bond motifs is 2. The number of carbonyl (C=O) groups excluding carboxylic acids is 1. The highest BCUT2D eigenvalue weighted by molar-refractivity contribution is 7.89. The molecule has 10 heteroatoms. The predicted octanol–water partition coefficient (Wildman–Crippen LogP) is 3.77. The summed E-state index contributed by atoms with van der Waals surface area (Å²) in [7, 11) is -0.543. The van der Waals surface area contributed by atoms with Crippen LogP contribution in [0, 0.1) is 6.92 Å². The molecular formula is C26H26N4O5S. The van der Waals surface area contributed by atoms with Crippen LogP contribution >= 0.6 is 0 Å². The number of aromatic nitrogens is 2. The van der Waals surface area contributed by atoms with Crippen LogP contribution in [0.3, 0.4) is 0 Å². The van der Waals surface area contributed by atoms with Gasteiger partial charge in [-0.25, -0.2) is 8.42 Å². The molecule has 9 nitrogen and oxygen atoms in total. The number of hydrogen-bond acceptors (Lipinski definition) is 6. The molecule has 0 aliphatic heterocycles. The number of furan rings is 2. The van der Waals surface area contributed by atoms with Gasteiger partial charge in [0.2, 0.25) is 15.9 Å². The molecule has 1 N–H and O–H groups in total. The number of hydrogen-bond donors (Lipinski definition) is 1. The van der Waals surface area contributed by atoms with E-state index in [1.165, 1.54) is 23.3 Å². The van der Waals surface area contributed by atoms with E-state index in [4.69, 9.17) is 8.83 Å². The fraction of sp³-hybridized carbons (Fsp3) is 0.231. The zero-order valence-corrected chi connectivity index (χ0v) is 21.0. The Morgan fingerprint density at radius 3 is 2.36 bits per heavy atom. The van der Waals surface area contributed by atoms with Crippen LogP contribution in [0.4, 0.5) is 0 Å². The number of benzene rings is 2. The topological polar surface area (TPSA) is 111 Å². The first-order valence-corrected chi connectivity index (χ1v) is 12.9. The van der Waals surface area contributed by atoms with Crippen LogP contribution in [-0.4, -0.2) is 42.1 Å². The van der Waals surface area contributed by atoms with Crippen LogP contribution in [0.5, 0.6) is 0 Å². The lowest BCUT2D eigenvalue weighted by atomic mass is 10.0. The number of aryl methyl sites for hydroxylation is 2. The first-order chi connectivity index (χ1) is 17.2. The quantitative estimate of drug-likeness (QED) is 0.343. The maximum Gasteiger partial charge on any atom is 0.241 e. The first-order valence-electron chi connectivity index (χ1n) is 11.4. The van der Waals surface area contributed by atoms with E-state index in [0.29, 0.717) is 11.0 Å². The van der Waals surface area contributed by atoms with Gasteiger partial charge in [-0.3, -0.25) is 9.48 Å². The normalized spacial score (nSPS) is 12.9. The Morgan fingerprint density at radius 1 is 1.03 bits per heavy atom. The van der Waals surface area contributed by atoms with Gasteiger partial charge in [0.25, 0.3) is 0 Å². The molecule has 0 unspecified atom stereocenters. The van der Waals surface area contributed by atoms with Gasteiger partial charge in [0.1, 0.15) is 17.2 Å². The lowest BCUT2D eigenvalue weighted by Gasteiger charge is -2.25. The van der Waals surface area contributed by atoms with E-state index in [9.17, 15) is 13.2 Å². The van der Waals surface area contributed by atoms with E-state index in [1.54, 1.807) is 30.1 Å². The largest absolute Gasteiger partial charge is 0.464 e. The van der Waals surface area contributed by atoms with Crippen molar-refractivity contribution in [1.82, 2.24) is 19.4 Å². The maximum absolute atomic E-state index is 13.6. The van der Waals surface area contributed by atoms with Crippen LogP contribution < -0.4 is 4.72 Å². The van der Waals surface area contributed by atoms with Crippen LogP contribution in [0.25, 0.3) is 21.9 Å². The number of sulfonamides is 1. The molecule has 1 amide bonds. The van der Waals surface area contributed by atoms with E-state index in [2.05, 4.69) is 9.82 Å². The smallest absolute Gasteiger partial charge is 0.241 e. The van der Waals surface area contributed by atoms with Crippen molar-refractivity contribution in [3.8, 4) is 0 Å². The zero-order chi connectivity index (χ0) is 25.4. The van der Waals surface area contributed by atoms with E-state index in [-0.39, 0.29) is 23.8 Å². The van der Waals surface area contributed by atoms with Crippen LogP contribution in [0.1, 0.15) is 17.0 Å². The molecule has 0 saturated carbocycles. The summed E-state index contributed by atoms with van der Waals surface area (Å²) in [6.45, 7) is 2.17. The molecule has 2 aromatic carbocycles. The summed E-state index contributed by atoms with van der Waals surface area (Å²) >= 11 is 0. The van der Waals surface area contributed by atoms with Gasteiger partial charge in [0, 0.05) is 24.9 Å². The molecule has 0 aliphatic rings. The highest BCUT2D eigenvalue weighted by atomic mass is 32.2. The molecule has 0 bridgehead atoms. The van der Waals surface area contributed by atoms with Gasteiger partial charge >= 0.3 is 0 Å². The average molecular weight is 507 g/mol. The van der Waals surface area contributed by atoms with Crippen molar-refractivity contribution < 1.29 is 22.0 Å². The number of carbonyl (C=O) groups is 1. The molecule has 0 saturated heterocycles. The molecule has 186 valence electrons. The predicted molar refractivity (Wildman–Crippen MR) is 135 cm³/mol. The Morgan fingerprint density at radius 2 is 1.69 bits per heavy atom. The third kappa shape index (κ3) is 4.77. The SMILES string of the molecule is Cc1cc(CN(C)C(=O)[C@H](Cc2ccc3occc3c2)NS(=O)(=O)c2ccc3occc3c2)n(C)n1. The molecule has 0 fully saturated rings. The van der Waals surface area contributed by atoms with Gasteiger partial charge in [-0.05, 0) is 67.4 Å². The van der Waals surface area contributed by atoms with Gasteiger partial charge in [0.05, 0.1) is 35.4 Å². The van der Waals surface area contributed by atoms with E-state index in [0.717, 1.165) is 27.9 Å². The number of nitrogens with one attached hydrogen (secondary N) is 1.